The van der Waals surface area contributed by atoms with Crippen molar-refractivity contribution >= 4 is 37.3 Å². The fourth-order valence-electron chi connectivity index (χ4n) is 1.54. The van der Waals surface area contributed by atoms with Gasteiger partial charge in [-0.15, -0.1) is 0 Å². The Kier molecular flexibility index (Phi) is 7.27. The van der Waals surface area contributed by atoms with Crippen LogP contribution in [0.4, 0.5) is 0 Å². The van der Waals surface area contributed by atoms with Crippen LogP contribution in [0.25, 0.3) is 6.08 Å². The van der Waals surface area contributed by atoms with Gasteiger partial charge in [0, 0.05) is 0 Å². The van der Waals surface area contributed by atoms with Crippen LogP contribution in [0.1, 0.15) is 5.56 Å². The van der Waals surface area contributed by atoms with Crippen LogP contribution in [0.5, 0.6) is 0 Å². The van der Waals surface area contributed by atoms with Crippen LogP contribution >= 0.6 is 25.3 Å². The zero-order chi connectivity index (χ0) is 15.9. The molecular weight excluding hydrogens is 312 g/mol. The van der Waals surface area contributed by atoms with E-state index in [1.807, 2.05) is 6.07 Å². The Balaban J connectivity index is 3.22. The number of benzene rings is 1. The second-order valence-corrected chi connectivity index (χ2v) is 5.91. The first-order chi connectivity index (χ1) is 9.99. The Bertz CT molecular complexity index is 475. The lowest BCUT2D eigenvalue weighted by molar-refractivity contribution is -0.140. The Hall–Kier alpha value is -0.990. The summed E-state index contributed by atoms with van der Waals surface area (Å²) in [7, 11) is 0. The molecule has 1 rings (SSSR count). The van der Waals surface area contributed by atoms with E-state index in [4.69, 9.17) is 4.74 Å². The van der Waals surface area contributed by atoms with Gasteiger partial charge >= 0.3 is 5.97 Å². The van der Waals surface area contributed by atoms with Gasteiger partial charge in [0.2, 0.25) is 0 Å². The van der Waals surface area contributed by atoms with E-state index in [0.717, 1.165) is 0 Å². The minimum Gasteiger partial charge on any atom is -0.429 e. The topological polar surface area (TPSA) is 87.0 Å². The van der Waals surface area contributed by atoms with Gasteiger partial charge in [-0.25, -0.2) is 4.79 Å². The predicted octanol–water partition coefficient (Wildman–Crippen LogP) is 0.720. The largest absolute Gasteiger partial charge is 0.429 e. The van der Waals surface area contributed by atoms with Gasteiger partial charge in [-0.1, -0.05) is 30.3 Å². The number of carbonyl (C=O) groups excluding carboxylic acids is 1. The third-order valence-corrected chi connectivity index (χ3v) is 3.37. The van der Waals surface area contributed by atoms with Crippen LogP contribution in [0, 0.1) is 5.41 Å². The van der Waals surface area contributed by atoms with Crippen molar-refractivity contribution in [3.05, 3.63) is 41.7 Å². The third-order valence-electron chi connectivity index (χ3n) is 2.95. The van der Waals surface area contributed by atoms with Crippen LogP contribution in [0.2, 0.25) is 0 Å². The summed E-state index contributed by atoms with van der Waals surface area (Å²) in [6, 6.07) is 8.89. The molecule has 0 fully saturated rings. The molecule has 0 saturated carbocycles. The Labute approximate surface area is 134 Å². The summed E-state index contributed by atoms with van der Waals surface area (Å²) in [6.07, 6.45) is 1.48. The van der Waals surface area contributed by atoms with Gasteiger partial charge in [0.1, 0.15) is 10.3 Å². The second-order valence-electron chi connectivity index (χ2n) is 4.47. The molecule has 0 saturated heterocycles. The first kappa shape index (κ1) is 18.1. The monoisotopic (exact) mass is 330 g/mol. The summed E-state index contributed by atoms with van der Waals surface area (Å²) in [5.74, 6) is -0.803. The molecule has 116 valence electrons. The summed E-state index contributed by atoms with van der Waals surface area (Å²) in [6.45, 7) is -1.76. The molecule has 5 nitrogen and oxygen atoms in total. The molecule has 0 amide bonds. The number of ether oxygens (including phenoxy) is 1. The van der Waals surface area contributed by atoms with Gasteiger partial charge in [-0.2, -0.15) is 25.3 Å². The normalized spacial score (nSPS) is 12.6. The van der Waals surface area contributed by atoms with E-state index in [0.29, 0.717) is 5.56 Å². The molecule has 3 N–H and O–H groups in total. The van der Waals surface area contributed by atoms with Crippen molar-refractivity contribution in [3.63, 3.8) is 0 Å². The quantitative estimate of drug-likeness (QED) is 0.220. The third kappa shape index (κ3) is 4.76. The number of esters is 1. The van der Waals surface area contributed by atoms with E-state index in [-0.39, 0.29) is 5.76 Å². The molecule has 21 heavy (non-hydrogen) atoms. The maximum atomic E-state index is 11.7. The molecule has 0 aliphatic heterocycles. The number of aliphatic hydroxyl groups is 3. The highest BCUT2D eigenvalue weighted by Gasteiger charge is 2.36. The highest BCUT2D eigenvalue weighted by atomic mass is 32.2. The molecule has 0 radical (unpaired) electrons. The van der Waals surface area contributed by atoms with Gasteiger partial charge < -0.3 is 20.1 Å². The van der Waals surface area contributed by atoms with Crippen molar-refractivity contribution in [2.24, 2.45) is 5.41 Å². The molecule has 0 aromatic heterocycles. The Morgan fingerprint density at radius 3 is 2.10 bits per heavy atom. The highest BCUT2D eigenvalue weighted by molar-refractivity contribution is 8.00. The maximum Gasteiger partial charge on any atom is 0.333 e. The average Bonchev–Trinajstić information content (AvgIpc) is 2.50. The Morgan fingerprint density at radius 2 is 1.67 bits per heavy atom. The molecule has 1 aromatic carbocycles. The molecule has 0 bridgehead atoms. The zero-order valence-corrected chi connectivity index (χ0v) is 13.0. The number of hydrogen-bond acceptors (Lipinski definition) is 7. The van der Waals surface area contributed by atoms with Crippen LogP contribution in [-0.2, 0) is 9.53 Å². The minimum absolute atomic E-state index is 0.0423. The summed E-state index contributed by atoms with van der Waals surface area (Å²) >= 11 is 7.70. The summed E-state index contributed by atoms with van der Waals surface area (Å²) in [5.41, 5.74) is -0.781. The molecule has 0 spiro atoms. The van der Waals surface area contributed by atoms with Crippen molar-refractivity contribution in [2.75, 3.05) is 19.8 Å². The molecule has 1 aromatic rings. The number of thiol groups is 2. The number of hydrogen-bond donors (Lipinski definition) is 5. The fraction of sp³-hybridized carbons (Fsp3) is 0.357. The van der Waals surface area contributed by atoms with Gasteiger partial charge in [0.05, 0.1) is 25.2 Å². The summed E-state index contributed by atoms with van der Waals surface area (Å²) in [4.78, 5) is 11.7. The lowest BCUT2D eigenvalue weighted by atomic mass is 9.87. The maximum absolute atomic E-state index is 11.7. The Morgan fingerprint density at radius 1 is 1.14 bits per heavy atom. The summed E-state index contributed by atoms with van der Waals surface area (Å²) < 4.78 is 4.17. The minimum atomic E-state index is -1.47. The van der Waals surface area contributed by atoms with Crippen molar-refractivity contribution in [3.8, 4) is 0 Å². The van der Waals surface area contributed by atoms with Gasteiger partial charge in [-0.05, 0) is 11.6 Å². The molecule has 0 unspecified atom stereocenters. The number of aliphatic hydroxyl groups excluding tert-OH is 3. The van der Waals surface area contributed by atoms with Crippen molar-refractivity contribution in [2.45, 2.75) is 4.58 Å². The molecular formula is C14H18O5S2. The first-order valence-electron chi connectivity index (χ1n) is 6.16. The lowest BCUT2D eigenvalue weighted by Crippen LogP contribution is -2.38. The van der Waals surface area contributed by atoms with E-state index in [2.05, 4.69) is 25.3 Å². The first-order valence-corrected chi connectivity index (χ1v) is 7.20. The predicted molar refractivity (Wildman–Crippen MR) is 86.0 cm³/mol. The standard InChI is InChI=1S/C14H18O5S2/c15-7-14(8-16,9-17)11(19-12(18)13(20)21)6-10-4-2-1-3-5-10/h1-6,13,15-17,20-21H,7-9H2. The summed E-state index contributed by atoms with van der Waals surface area (Å²) in [5, 5.41) is 28.5. The number of rotatable bonds is 7. The van der Waals surface area contributed by atoms with E-state index in [9.17, 15) is 20.1 Å². The van der Waals surface area contributed by atoms with Crippen LogP contribution < -0.4 is 0 Å². The van der Waals surface area contributed by atoms with Gasteiger partial charge in [0.25, 0.3) is 0 Å². The van der Waals surface area contributed by atoms with Crippen LogP contribution in [-0.4, -0.2) is 45.7 Å². The molecule has 0 atom stereocenters. The molecule has 0 heterocycles. The number of carbonyl (C=O) groups is 1. The SMILES string of the molecule is O=C(OC(=Cc1ccccc1)C(CO)(CO)CO)C(S)S. The fourth-order valence-corrected chi connectivity index (χ4v) is 1.64. The smallest absolute Gasteiger partial charge is 0.333 e. The van der Waals surface area contributed by atoms with Crippen molar-refractivity contribution in [1.82, 2.24) is 0 Å². The molecule has 0 aliphatic rings. The van der Waals surface area contributed by atoms with Crippen molar-refractivity contribution in [1.29, 1.82) is 0 Å². The second kappa shape index (κ2) is 8.45. The van der Waals surface area contributed by atoms with Gasteiger partial charge in [0.15, 0.2) is 0 Å². The highest BCUT2D eigenvalue weighted by Crippen LogP contribution is 2.30. The van der Waals surface area contributed by atoms with E-state index in [1.54, 1.807) is 24.3 Å². The lowest BCUT2D eigenvalue weighted by Gasteiger charge is -2.29. The van der Waals surface area contributed by atoms with E-state index < -0.39 is 35.8 Å². The van der Waals surface area contributed by atoms with Crippen molar-refractivity contribution < 1.29 is 24.9 Å². The van der Waals surface area contributed by atoms with E-state index in [1.165, 1.54) is 6.08 Å². The zero-order valence-electron chi connectivity index (χ0n) is 11.2. The molecule has 7 heteroatoms. The molecule has 0 aliphatic carbocycles. The van der Waals surface area contributed by atoms with Crippen LogP contribution in [0.15, 0.2) is 36.1 Å². The van der Waals surface area contributed by atoms with Gasteiger partial charge in [-0.3, -0.25) is 0 Å². The average molecular weight is 330 g/mol. The van der Waals surface area contributed by atoms with Crippen LogP contribution in [0.3, 0.4) is 0 Å². The van der Waals surface area contributed by atoms with E-state index >= 15 is 0 Å².